The lowest BCUT2D eigenvalue weighted by Crippen LogP contribution is -2.51. The van der Waals surface area contributed by atoms with E-state index < -0.39 is 41.9 Å². The van der Waals surface area contributed by atoms with Crippen molar-refractivity contribution in [3.05, 3.63) is 66.2 Å². The number of imidazole rings is 1. The zero-order chi connectivity index (χ0) is 26.6. The minimum absolute atomic E-state index is 0.0785. The van der Waals surface area contributed by atoms with Crippen LogP contribution in [0, 0.1) is 0 Å². The van der Waals surface area contributed by atoms with E-state index in [4.69, 9.17) is 0 Å². The SMILES string of the molecule is CSCCC(NC(=O)CN1C(=O)N(CCc2ncc[nH]2)C(=O)C1(C)c1cccc2ccccc12)C(=O)O. The van der Waals surface area contributed by atoms with Crippen LogP contribution >= 0.6 is 11.8 Å². The highest BCUT2D eigenvalue weighted by molar-refractivity contribution is 7.98. The molecule has 3 aromatic rings. The van der Waals surface area contributed by atoms with Crippen molar-refractivity contribution in [2.24, 2.45) is 0 Å². The highest BCUT2D eigenvalue weighted by Gasteiger charge is 2.56. The molecule has 2 aromatic carbocycles. The van der Waals surface area contributed by atoms with Gasteiger partial charge in [-0.05, 0) is 41.7 Å². The van der Waals surface area contributed by atoms with Gasteiger partial charge in [-0.1, -0.05) is 42.5 Å². The Balaban J connectivity index is 1.69. The summed E-state index contributed by atoms with van der Waals surface area (Å²) in [4.78, 5) is 61.7. The summed E-state index contributed by atoms with van der Waals surface area (Å²) in [5, 5.41) is 13.7. The molecule has 0 aliphatic carbocycles. The Morgan fingerprint density at radius 3 is 2.65 bits per heavy atom. The number of urea groups is 1. The van der Waals surface area contributed by atoms with Gasteiger partial charge in [-0.2, -0.15) is 11.8 Å². The molecular weight excluding hydrogens is 494 g/mol. The molecule has 1 aromatic heterocycles. The van der Waals surface area contributed by atoms with Gasteiger partial charge in [0.25, 0.3) is 5.91 Å². The molecular formula is C26H29N5O5S. The molecule has 2 atom stereocenters. The Morgan fingerprint density at radius 1 is 1.19 bits per heavy atom. The lowest BCUT2D eigenvalue weighted by Gasteiger charge is -2.33. The zero-order valence-electron chi connectivity index (χ0n) is 20.6. The molecule has 4 rings (SSSR count). The number of carbonyl (C=O) groups is 4. The summed E-state index contributed by atoms with van der Waals surface area (Å²) < 4.78 is 0. The zero-order valence-corrected chi connectivity index (χ0v) is 21.5. The van der Waals surface area contributed by atoms with Crippen LogP contribution < -0.4 is 5.32 Å². The number of imide groups is 1. The Labute approximate surface area is 218 Å². The molecule has 2 heterocycles. The number of carbonyl (C=O) groups excluding carboxylic acids is 3. The second-order valence-electron chi connectivity index (χ2n) is 8.95. The molecule has 0 spiro atoms. The van der Waals surface area contributed by atoms with Gasteiger partial charge in [-0.25, -0.2) is 14.6 Å². The third-order valence-electron chi connectivity index (χ3n) is 6.65. The molecule has 1 aliphatic rings. The quantitative estimate of drug-likeness (QED) is 0.329. The van der Waals surface area contributed by atoms with Gasteiger partial charge in [0, 0.05) is 25.4 Å². The van der Waals surface area contributed by atoms with Gasteiger partial charge in [-0.3, -0.25) is 19.4 Å². The average Bonchev–Trinajstić information content (AvgIpc) is 3.47. The van der Waals surface area contributed by atoms with E-state index in [0.717, 1.165) is 15.7 Å². The van der Waals surface area contributed by atoms with E-state index in [1.807, 2.05) is 42.7 Å². The molecule has 37 heavy (non-hydrogen) atoms. The Kier molecular flexibility index (Phi) is 7.82. The summed E-state index contributed by atoms with van der Waals surface area (Å²) in [5.41, 5.74) is -0.884. The number of nitrogens with one attached hydrogen (secondary N) is 2. The van der Waals surface area contributed by atoms with Gasteiger partial charge in [0.2, 0.25) is 5.91 Å². The third-order valence-corrected chi connectivity index (χ3v) is 7.29. The van der Waals surface area contributed by atoms with Gasteiger partial charge in [0.15, 0.2) is 0 Å². The van der Waals surface area contributed by atoms with Crippen LogP contribution in [0.4, 0.5) is 4.79 Å². The summed E-state index contributed by atoms with van der Waals surface area (Å²) in [7, 11) is 0. The maximum absolute atomic E-state index is 13.9. The normalized spacial score (nSPS) is 18.4. The fourth-order valence-corrected chi connectivity index (χ4v) is 5.14. The minimum atomic E-state index is -1.48. The molecule has 0 bridgehead atoms. The molecule has 4 amide bonds. The number of hydrogen-bond acceptors (Lipinski definition) is 6. The first kappa shape index (κ1) is 26.2. The Hall–Kier alpha value is -3.86. The maximum Gasteiger partial charge on any atom is 0.328 e. The van der Waals surface area contributed by atoms with Crippen LogP contribution in [0.25, 0.3) is 10.8 Å². The minimum Gasteiger partial charge on any atom is -0.480 e. The number of thioether (sulfide) groups is 1. The van der Waals surface area contributed by atoms with Crippen LogP contribution in [0.1, 0.15) is 24.7 Å². The number of nitrogens with zero attached hydrogens (tertiary/aromatic N) is 3. The predicted octanol–water partition coefficient (Wildman–Crippen LogP) is 2.61. The molecule has 1 aliphatic heterocycles. The van der Waals surface area contributed by atoms with Crippen LogP contribution in [-0.2, 0) is 26.3 Å². The van der Waals surface area contributed by atoms with E-state index in [0.29, 0.717) is 23.6 Å². The van der Waals surface area contributed by atoms with Crippen molar-refractivity contribution in [1.29, 1.82) is 0 Å². The van der Waals surface area contributed by atoms with Crippen molar-refractivity contribution in [2.75, 3.05) is 25.1 Å². The predicted molar refractivity (Wildman–Crippen MR) is 140 cm³/mol. The van der Waals surface area contributed by atoms with Gasteiger partial charge >= 0.3 is 12.0 Å². The summed E-state index contributed by atoms with van der Waals surface area (Å²) >= 11 is 1.47. The first-order valence-corrected chi connectivity index (χ1v) is 13.3. The molecule has 1 saturated heterocycles. The number of aromatic amines is 1. The number of amides is 4. The number of aromatic nitrogens is 2. The molecule has 11 heteroatoms. The van der Waals surface area contributed by atoms with Crippen molar-refractivity contribution in [1.82, 2.24) is 25.1 Å². The Morgan fingerprint density at radius 2 is 1.95 bits per heavy atom. The van der Waals surface area contributed by atoms with E-state index in [1.54, 1.807) is 25.4 Å². The van der Waals surface area contributed by atoms with E-state index in [1.165, 1.54) is 16.7 Å². The summed E-state index contributed by atoms with van der Waals surface area (Å²) in [6, 6.07) is 11.3. The molecule has 0 saturated carbocycles. The summed E-state index contributed by atoms with van der Waals surface area (Å²) in [6.45, 7) is 1.25. The molecule has 10 nitrogen and oxygen atoms in total. The second-order valence-corrected chi connectivity index (χ2v) is 9.94. The van der Waals surface area contributed by atoms with Crippen molar-refractivity contribution in [3.8, 4) is 0 Å². The van der Waals surface area contributed by atoms with Crippen molar-refractivity contribution in [2.45, 2.75) is 31.3 Å². The van der Waals surface area contributed by atoms with Crippen LogP contribution in [0.15, 0.2) is 54.9 Å². The molecule has 194 valence electrons. The smallest absolute Gasteiger partial charge is 0.328 e. The van der Waals surface area contributed by atoms with Crippen molar-refractivity contribution < 1.29 is 24.3 Å². The van der Waals surface area contributed by atoms with Gasteiger partial charge in [0.05, 0.1) is 0 Å². The number of H-pyrrole nitrogens is 1. The average molecular weight is 524 g/mol. The standard InChI is InChI=1S/C26H29N5O5S/c1-26(19-9-5-7-17-6-3-4-8-18(17)19)24(35)30(14-10-21-27-12-13-28-21)25(36)31(26)16-22(32)29-20(23(33)34)11-15-37-2/h3-9,12-13,20H,10-11,14-16H2,1-2H3,(H,27,28)(H,29,32)(H,33,34). The fourth-order valence-electron chi connectivity index (χ4n) is 4.66. The number of rotatable bonds is 11. The lowest BCUT2D eigenvalue weighted by molar-refractivity contribution is -0.142. The number of hydrogen-bond donors (Lipinski definition) is 3. The van der Waals surface area contributed by atoms with Gasteiger partial charge < -0.3 is 15.4 Å². The maximum atomic E-state index is 13.9. The Bertz CT molecular complexity index is 1310. The summed E-state index contributed by atoms with van der Waals surface area (Å²) in [5.74, 6) is -1.07. The third kappa shape index (κ3) is 5.17. The van der Waals surface area contributed by atoms with E-state index >= 15 is 0 Å². The van der Waals surface area contributed by atoms with Crippen LogP contribution in [0.5, 0.6) is 0 Å². The number of carboxylic acid groups (broad SMARTS) is 1. The fraction of sp³-hybridized carbons (Fsp3) is 0.346. The van der Waals surface area contributed by atoms with E-state index in [9.17, 15) is 24.3 Å². The molecule has 3 N–H and O–H groups in total. The van der Waals surface area contributed by atoms with E-state index in [-0.39, 0.29) is 13.0 Å². The highest BCUT2D eigenvalue weighted by atomic mass is 32.2. The van der Waals surface area contributed by atoms with Crippen molar-refractivity contribution >= 4 is 46.3 Å². The lowest BCUT2D eigenvalue weighted by atomic mass is 9.86. The highest BCUT2D eigenvalue weighted by Crippen LogP contribution is 2.40. The molecule has 1 fully saturated rings. The van der Waals surface area contributed by atoms with Crippen LogP contribution in [0.2, 0.25) is 0 Å². The van der Waals surface area contributed by atoms with Gasteiger partial charge in [-0.15, -0.1) is 0 Å². The van der Waals surface area contributed by atoms with Crippen molar-refractivity contribution in [3.63, 3.8) is 0 Å². The number of fused-ring (bicyclic) bond motifs is 1. The second kappa shape index (κ2) is 11.0. The summed E-state index contributed by atoms with van der Waals surface area (Å²) in [6.07, 6.45) is 5.67. The molecule has 2 unspecified atom stereocenters. The topological polar surface area (TPSA) is 136 Å². The number of benzene rings is 2. The first-order valence-electron chi connectivity index (χ1n) is 11.9. The molecule has 0 radical (unpaired) electrons. The largest absolute Gasteiger partial charge is 0.480 e. The first-order chi connectivity index (χ1) is 17.8. The van der Waals surface area contributed by atoms with Crippen LogP contribution in [0.3, 0.4) is 0 Å². The van der Waals surface area contributed by atoms with Crippen LogP contribution in [-0.4, -0.2) is 79.8 Å². The number of aliphatic carboxylic acids is 1. The monoisotopic (exact) mass is 523 g/mol. The van der Waals surface area contributed by atoms with E-state index in [2.05, 4.69) is 15.3 Å². The van der Waals surface area contributed by atoms with Gasteiger partial charge in [0.1, 0.15) is 23.9 Å². The number of carboxylic acids is 1.